The number of nitrogens with zero attached hydrogens (tertiary/aromatic N) is 3. The normalized spacial score (nSPS) is 22.1. The van der Waals surface area contributed by atoms with Gasteiger partial charge in [0.05, 0.1) is 19.8 Å². The molecule has 0 bridgehead atoms. The van der Waals surface area contributed by atoms with Crippen LogP contribution in [-0.2, 0) is 13.0 Å². The largest absolute Gasteiger partial charge is 0.497 e. The lowest BCUT2D eigenvalue weighted by Crippen LogP contribution is -2.24. The van der Waals surface area contributed by atoms with Crippen molar-refractivity contribution in [3.63, 3.8) is 0 Å². The van der Waals surface area contributed by atoms with Crippen LogP contribution >= 0.6 is 0 Å². The van der Waals surface area contributed by atoms with Gasteiger partial charge in [0, 0.05) is 19.0 Å². The Kier molecular flexibility index (Phi) is 4.40. The average molecular weight is 303 g/mol. The maximum absolute atomic E-state index is 10.0. The topological polar surface area (TPSA) is 71.6 Å². The molecule has 22 heavy (non-hydrogen) atoms. The van der Waals surface area contributed by atoms with Gasteiger partial charge in [-0.1, -0.05) is 19.1 Å². The van der Waals surface area contributed by atoms with Crippen molar-refractivity contribution >= 4 is 0 Å². The first-order valence-electron chi connectivity index (χ1n) is 7.57. The highest BCUT2D eigenvalue weighted by Gasteiger charge is 2.33. The zero-order valence-corrected chi connectivity index (χ0v) is 12.9. The lowest BCUT2D eigenvalue weighted by atomic mass is 10.0. The number of likely N-dealkylation sites (tertiary alicyclic amines) is 1. The fourth-order valence-corrected chi connectivity index (χ4v) is 2.92. The highest BCUT2D eigenvalue weighted by Crippen LogP contribution is 2.34. The van der Waals surface area contributed by atoms with Gasteiger partial charge >= 0.3 is 0 Å². The molecular formula is C16H21N3O3. The number of aromatic nitrogens is 2. The molecule has 0 aliphatic carbocycles. The van der Waals surface area contributed by atoms with E-state index in [0.717, 1.165) is 17.7 Å². The van der Waals surface area contributed by atoms with E-state index in [0.29, 0.717) is 31.3 Å². The molecule has 6 nitrogen and oxygen atoms in total. The second kappa shape index (κ2) is 6.46. The predicted molar refractivity (Wildman–Crippen MR) is 80.4 cm³/mol. The number of ether oxygens (including phenoxy) is 1. The summed E-state index contributed by atoms with van der Waals surface area (Å²) in [6, 6.07) is 8.09. The van der Waals surface area contributed by atoms with E-state index >= 15 is 0 Å². The zero-order chi connectivity index (χ0) is 15.5. The monoisotopic (exact) mass is 303 g/mol. The zero-order valence-electron chi connectivity index (χ0n) is 12.9. The molecule has 3 rings (SSSR count). The van der Waals surface area contributed by atoms with Gasteiger partial charge in [-0.3, -0.25) is 4.90 Å². The number of methoxy groups -OCH3 is 1. The Labute approximate surface area is 129 Å². The van der Waals surface area contributed by atoms with Crippen molar-refractivity contribution < 1.29 is 14.3 Å². The molecule has 0 saturated carbocycles. The van der Waals surface area contributed by atoms with Gasteiger partial charge in [-0.05, 0) is 24.1 Å². The molecule has 0 unspecified atom stereocenters. The number of hydrogen-bond donors (Lipinski definition) is 1. The number of aliphatic hydroxyl groups excluding tert-OH is 1. The number of β-amino-alcohol motifs (C(OH)–C–C–N with tert-alkyl or cyclic N) is 1. The number of benzene rings is 1. The molecule has 1 N–H and O–H groups in total. The standard InChI is InChI=1S/C16H21N3O3/c1-3-15-17-18-16(22-15)10-19-9-12(20)8-14(19)11-5-4-6-13(7-11)21-2/h4-7,12,14,20H,3,8-10H2,1-2H3/t12-,14-/m0/s1. The van der Waals surface area contributed by atoms with Crippen molar-refractivity contribution in [1.29, 1.82) is 0 Å². The van der Waals surface area contributed by atoms with E-state index < -0.39 is 0 Å². The van der Waals surface area contributed by atoms with Crippen LogP contribution in [0.4, 0.5) is 0 Å². The summed E-state index contributed by atoms with van der Waals surface area (Å²) in [5.41, 5.74) is 1.13. The van der Waals surface area contributed by atoms with Crippen molar-refractivity contribution in [2.75, 3.05) is 13.7 Å². The molecule has 1 aliphatic rings. The maximum Gasteiger partial charge on any atom is 0.230 e. The first kappa shape index (κ1) is 15.0. The molecule has 2 heterocycles. The maximum atomic E-state index is 10.0. The summed E-state index contributed by atoms with van der Waals surface area (Å²) in [5.74, 6) is 2.07. The Morgan fingerprint density at radius 1 is 1.36 bits per heavy atom. The van der Waals surface area contributed by atoms with E-state index in [9.17, 15) is 5.11 Å². The molecule has 2 aromatic rings. The van der Waals surface area contributed by atoms with Gasteiger partial charge in [-0.15, -0.1) is 10.2 Å². The summed E-state index contributed by atoms with van der Waals surface area (Å²) in [6.07, 6.45) is 1.08. The van der Waals surface area contributed by atoms with E-state index in [1.54, 1.807) is 7.11 Å². The van der Waals surface area contributed by atoms with Gasteiger partial charge in [-0.25, -0.2) is 0 Å². The van der Waals surface area contributed by atoms with Gasteiger partial charge in [0.15, 0.2) is 0 Å². The second-order valence-corrected chi connectivity index (χ2v) is 5.55. The fraction of sp³-hybridized carbons (Fsp3) is 0.500. The quantitative estimate of drug-likeness (QED) is 0.910. The van der Waals surface area contributed by atoms with Gasteiger partial charge < -0.3 is 14.3 Å². The summed E-state index contributed by atoms with van der Waals surface area (Å²) >= 11 is 0. The predicted octanol–water partition coefficient (Wildman–Crippen LogP) is 1.95. The Morgan fingerprint density at radius 3 is 2.91 bits per heavy atom. The minimum Gasteiger partial charge on any atom is -0.497 e. The lowest BCUT2D eigenvalue weighted by Gasteiger charge is -2.23. The number of hydrogen-bond acceptors (Lipinski definition) is 6. The minimum atomic E-state index is -0.343. The van der Waals surface area contributed by atoms with Crippen LogP contribution in [0.1, 0.15) is 36.7 Å². The lowest BCUT2D eigenvalue weighted by molar-refractivity contribution is 0.167. The van der Waals surface area contributed by atoms with E-state index in [1.165, 1.54) is 0 Å². The summed E-state index contributed by atoms with van der Waals surface area (Å²) < 4.78 is 10.9. The molecule has 6 heteroatoms. The third kappa shape index (κ3) is 3.13. The number of aliphatic hydroxyl groups is 1. The molecular weight excluding hydrogens is 282 g/mol. The summed E-state index contributed by atoms with van der Waals surface area (Å²) in [5, 5.41) is 18.1. The van der Waals surface area contributed by atoms with E-state index in [-0.39, 0.29) is 12.1 Å². The van der Waals surface area contributed by atoms with E-state index in [2.05, 4.69) is 21.2 Å². The van der Waals surface area contributed by atoms with Crippen molar-refractivity contribution in [1.82, 2.24) is 15.1 Å². The van der Waals surface area contributed by atoms with E-state index in [4.69, 9.17) is 9.15 Å². The average Bonchev–Trinajstić information content (AvgIpc) is 3.14. The molecule has 118 valence electrons. The Morgan fingerprint density at radius 2 is 2.18 bits per heavy atom. The van der Waals surface area contributed by atoms with Crippen LogP contribution in [0.2, 0.25) is 0 Å². The first-order chi connectivity index (χ1) is 10.7. The molecule has 0 spiro atoms. The van der Waals surface area contributed by atoms with Crippen molar-refractivity contribution in [3.8, 4) is 5.75 Å². The summed E-state index contributed by atoms with van der Waals surface area (Å²) in [4.78, 5) is 2.17. The van der Waals surface area contributed by atoms with E-state index in [1.807, 2.05) is 25.1 Å². The molecule has 1 aromatic carbocycles. The Bertz CT molecular complexity index is 629. The minimum absolute atomic E-state index is 0.127. The summed E-state index contributed by atoms with van der Waals surface area (Å²) in [6.45, 7) is 3.13. The van der Waals surface area contributed by atoms with Crippen molar-refractivity contribution in [2.24, 2.45) is 0 Å². The second-order valence-electron chi connectivity index (χ2n) is 5.55. The van der Waals surface area contributed by atoms with Crippen LogP contribution in [0, 0.1) is 0 Å². The molecule has 1 fully saturated rings. The van der Waals surface area contributed by atoms with Crippen LogP contribution in [0.25, 0.3) is 0 Å². The first-order valence-corrected chi connectivity index (χ1v) is 7.57. The molecule has 0 radical (unpaired) electrons. The highest BCUT2D eigenvalue weighted by atomic mass is 16.5. The van der Waals surface area contributed by atoms with Crippen LogP contribution in [0.3, 0.4) is 0 Å². The molecule has 2 atom stereocenters. The van der Waals surface area contributed by atoms with Crippen molar-refractivity contribution in [2.45, 2.75) is 38.5 Å². The molecule has 0 amide bonds. The molecule has 1 aliphatic heterocycles. The van der Waals surface area contributed by atoms with Crippen LogP contribution in [0.5, 0.6) is 5.75 Å². The fourth-order valence-electron chi connectivity index (χ4n) is 2.92. The van der Waals surface area contributed by atoms with Gasteiger partial charge in [0.25, 0.3) is 0 Å². The van der Waals surface area contributed by atoms with Gasteiger partial charge in [0.1, 0.15) is 5.75 Å². The SMILES string of the molecule is CCc1nnc(CN2C[C@@H](O)C[C@H]2c2cccc(OC)c2)o1. The van der Waals surface area contributed by atoms with Gasteiger partial charge in [-0.2, -0.15) is 0 Å². The summed E-state index contributed by atoms with van der Waals surface area (Å²) in [7, 11) is 1.66. The van der Waals surface area contributed by atoms with Gasteiger partial charge in [0.2, 0.25) is 11.8 Å². The Balaban J connectivity index is 1.79. The number of rotatable bonds is 5. The number of aryl methyl sites for hydroxylation is 1. The van der Waals surface area contributed by atoms with Crippen LogP contribution in [-0.4, -0.2) is 40.0 Å². The highest BCUT2D eigenvalue weighted by molar-refractivity contribution is 5.31. The third-order valence-corrected chi connectivity index (χ3v) is 4.01. The Hall–Kier alpha value is -1.92. The van der Waals surface area contributed by atoms with Crippen LogP contribution in [0.15, 0.2) is 28.7 Å². The van der Waals surface area contributed by atoms with Crippen LogP contribution < -0.4 is 4.74 Å². The smallest absolute Gasteiger partial charge is 0.230 e. The molecule has 1 aromatic heterocycles. The third-order valence-electron chi connectivity index (χ3n) is 4.01. The molecule has 1 saturated heterocycles. The van der Waals surface area contributed by atoms with Crippen molar-refractivity contribution in [3.05, 3.63) is 41.6 Å².